The number of phenolic OH excluding ortho intramolecular Hbond substituents is 1. The largest absolute Gasteiger partial charge is 0.508 e. The van der Waals surface area contributed by atoms with E-state index in [9.17, 15) is 10.1 Å². The molecule has 0 amide bonds. The van der Waals surface area contributed by atoms with Crippen LogP contribution in [0.2, 0.25) is 0 Å². The molecule has 0 aromatic heterocycles. The van der Waals surface area contributed by atoms with Gasteiger partial charge in [0, 0.05) is 0 Å². The number of benzene rings is 1. The van der Waals surface area contributed by atoms with Crippen molar-refractivity contribution in [2.45, 2.75) is 38.9 Å². The van der Waals surface area contributed by atoms with Crippen molar-refractivity contribution in [2.75, 3.05) is 0 Å². The third-order valence-corrected chi connectivity index (χ3v) is 3.06. The van der Waals surface area contributed by atoms with E-state index in [0.29, 0.717) is 5.46 Å². The van der Waals surface area contributed by atoms with Crippen molar-refractivity contribution in [1.29, 1.82) is 0 Å². The van der Waals surface area contributed by atoms with Crippen LogP contribution in [0, 0.1) is 0 Å². The number of rotatable bonds is 4. The van der Waals surface area contributed by atoms with Gasteiger partial charge in [0.25, 0.3) is 0 Å². The van der Waals surface area contributed by atoms with Gasteiger partial charge < -0.3 is 19.9 Å². The molecular weight excluding hydrogens is 219 g/mol. The molecule has 0 aliphatic rings. The van der Waals surface area contributed by atoms with E-state index >= 15 is 0 Å². The van der Waals surface area contributed by atoms with Crippen LogP contribution in [0.1, 0.15) is 27.7 Å². The normalized spacial score (nSPS) is 12.6. The minimum atomic E-state index is -1.14. The summed E-state index contributed by atoms with van der Waals surface area (Å²) in [7, 11) is -1.14. The molecule has 1 rings (SSSR count). The van der Waals surface area contributed by atoms with Gasteiger partial charge in [0.15, 0.2) is 0 Å². The molecule has 3 N–H and O–H groups in total. The van der Waals surface area contributed by atoms with Gasteiger partial charge in [-0.1, -0.05) is 12.1 Å². The van der Waals surface area contributed by atoms with Crippen molar-refractivity contribution >= 4 is 12.6 Å². The van der Waals surface area contributed by atoms with Crippen molar-refractivity contribution in [3.05, 3.63) is 24.3 Å². The first kappa shape index (κ1) is 14.0. The minimum Gasteiger partial charge on any atom is -0.508 e. The molecule has 0 aliphatic heterocycles. The first-order valence-electron chi connectivity index (χ1n) is 5.51. The zero-order valence-electron chi connectivity index (χ0n) is 10.6. The fraction of sp³-hybridized carbons (Fsp3) is 0.500. The average molecular weight is 238 g/mol. The monoisotopic (exact) mass is 238 g/mol. The van der Waals surface area contributed by atoms with Crippen LogP contribution >= 0.6 is 0 Å². The Hall–Kier alpha value is -1.04. The summed E-state index contributed by atoms with van der Waals surface area (Å²) in [5.74, 6) is 0.127. The second kappa shape index (κ2) is 4.68. The summed E-state index contributed by atoms with van der Waals surface area (Å²) >= 11 is 0. The average Bonchev–Trinajstić information content (AvgIpc) is 2.16. The first-order valence-corrected chi connectivity index (χ1v) is 5.51. The predicted molar refractivity (Wildman–Crippen MR) is 67.2 cm³/mol. The molecule has 0 unspecified atom stereocenters. The Morgan fingerprint density at radius 1 is 1.06 bits per heavy atom. The van der Waals surface area contributed by atoms with Crippen LogP contribution in [-0.4, -0.2) is 33.6 Å². The Morgan fingerprint density at radius 3 is 1.94 bits per heavy atom. The smallest absolute Gasteiger partial charge is 0.491 e. The van der Waals surface area contributed by atoms with Gasteiger partial charge in [0.1, 0.15) is 5.75 Å². The van der Waals surface area contributed by atoms with E-state index in [0.717, 1.165) is 0 Å². The molecule has 0 heterocycles. The highest BCUT2D eigenvalue weighted by atomic mass is 16.5. The van der Waals surface area contributed by atoms with E-state index in [4.69, 9.17) is 9.76 Å². The predicted octanol–water partition coefficient (Wildman–Crippen LogP) is 0.646. The van der Waals surface area contributed by atoms with Gasteiger partial charge in [-0.3, -0.25) is 0 Å². The second-order valence-corrected chi connectivity index (χ2v) is 5.13. The number of hydrogen-bond donors (Lipinski definition) is 3. The van der Waals surface area contributed by atoms with Crippen LogP contribution in [0.3, 0.4) is 0 Å². The third kappa shape index (κ3) is 3.46. The SMILES string of the molecule is CC(C)(O)C(C)(C)OB(O)c1ccc(O)cc1. The first-order chi connectivity index (χ1) is 7.63. The van der Waals surface area contributed by atoms with Gasteiger partial charge in [0.05, 0.1) is 11.2 Å². The molecular formula is C12H19BO4. The van der Waals surface area contributed by atoms with Crippen molar-refractivity contribution < 1.29 is 19.9 Å². The quantitative estimate of drug-likeness (QED) is 0.673. The number of phenols is 1. The third-order valence-electron chi connectivity index (χ3n) is 3.06. The molecule has 17 heavy (non-hydrogen) atoms. The molecule has 0 atom stereocenters. The van der Waals surface area contributed by atoms with Gasteiger partial charge >= 0.3 is 7.12 Å². The van der Waals surface area contributed by atoms with E-state index in [1.54, 1.807) is 39.8 Å². The maximum absolute atomic E-state index is 9.91. The molecule has 0 fully saturated rings. The molecule has 94 valence electrons. The fourth-order valence-corrected chi connectivity index (χ4v) is 1.13. The summed E-state index contributed by atoms with van der Waals surface area (Å²) in [6.07, 6.45) is 0. The standard InChI is InChI=1S/C12H19BO4/c1-11(2,15)12(3,4)17-13(16)9-5-7-10(14)8-6-9/h5-8,14-16H,1-4H3. The molecule has 1 aromatic rings. The zero-order chi connectivity index (χ0) is 13.3. The molecule has 1 aromatic carbocycles. The van der Waals surface area contributed by atoms with Crippen LogP contribution in [0.25, 0.3) is 0 Å². The summed E-state index contributed by atoms with van der Waals surface area (Å²) in [5, 5.41) is 28.9. The van der Waals surface area contributed by atoms with Crippen molar-refractivity contribution in [3.63, 3.8) is 0 Å². The lowest BCUT2D eigenvalue weighted by molar-refractivity contribution is -0.0982. The van der Waals surface area contributed by atoms with Crippen LogP contribution in [-0.2, 0) is 4.65 Å². The van der Waals surface area contributed by atoms with Crippen LogP contribution in [0.5, 0.6) is 5.75 Å². The van der Waals surface area contributed by atoms with E-state index in [1.807, 2.05) is 0 Å². The van der Waals surface area contributed by atoms with Crippen LogP contribution in [0.4, 0.5) is 0 Å². The maximum atomic E-state index is 9.91. The molecule has 0 spiro atoms. The summed E-state index contributed by atoms with van der Waals surface area (Å²) in [4.78, 5) is 0. The van der Waals surface area contributed by atoms with Crippen LogP contribution < -0.4 is 5.46 Å². The van der Waals surface area contributed by atoms with Crippen molar-refractivity contribution in [2.24, 2.45) is 0 Å². The lowest BCUT2D eigenvalue weighted by atomic mass is 9.76. The van der Waals surface area contributed by atoms with Crippen molar-refractivity contribution in [3.8, 4) is 5.75 Å². The molecule has 5 heteroatoms. The molecule has 4 nitrogen and oxygen atoms in total. The van der Waals surface area contributed by atoms with E-state index in [-0.39, 0.29) is 5.75 Å². The summed E-state index contributed by atoms with van der Waals surface area (Å²) in [6, 6.07) is 6.08. The lowest BCUT2D eigenvalue weighted by Gasteiger charge is -2.38. The zero-order valence-corrected chi connectivity index (χ0v) is 10.6. The Morgan fingerprint density at radius 2 is 1.53 bits per heavy atom. The second-order valence-electron chi connectivity index (χ2n) is 5.13. The van der Waals surface area contributed by atoms with Gasteiger partial charge in [-0.05, 0) is 45.3 Å². The van der Waals surface area contributed by atoms with Gasteiger partial charge in [0.2, 0.25) is 0 Å². The molecule has 0 saturated carbocycles. The van der Waals surface area contributed by atoms with E-state index in [2.05, 4.69) is 0 Å². The molecule has 0 saturated heterocycles. The number of aromatic hydroxyl groups is 1. The number of hydrogen-bond acceptors (Lipinski definition) is 4. The summed E-state index contributed by atoms with van der Waals surface area (Å²) in [6.45, 7) is 6.65. The molecule has 0 radical (unpaired) electrons. The van der Waals surface area contributed by atoms with E-state index < -0.39 is 18.3 Å². The van der Waals surface area contributed by atoms with Gasteiger partial charge in [-0.15, -0.1) is 0 Å². The topological polar surface area (TPSA) is 69.9 Å². The highest BCUT2D eigenvalue weighted by molar-refractivity contribution is 6.60. The Bertz CT molecular complexity index is 367. The number of aliphatic hydroxyl groups is 1. The molecule has 0 bridgehead atoms. The van der Waals surface area contributed by atoms with Gasteiger partial charge in [-0.25, -0.2) is 0 Å². The minimum absolute atomic E-state index is 0.127. The Labute approximate surface area is 102 Å². The van der Waals surface area contributed by atoms with Crippen molar-refractivity contribution in [1.82, 2.24) is 0 Å². The lowest BCUT2D eigenvalue weighted by Crippen LogP contribution is -2.53. The highest BCUT2D eigenvalue weighted by Gasteiger charge is 2.39. The maximum Gasteiger partial charge on any atom is 0.491 e. The van der Waals surface area contributed by atoms with Gasteiger partial charge in [-0.2, -0.15) is 0 Å². The summed E-state index contributed by atoms with van der Waals surface area (Å²) < 4.78 is 5.45. The highest BCUT2D eigenvalue weighted by Crippen LogP contribution is 2.25. The van der Waals surface area contributed by atoms with E-state index in [1.165, 1.54) is 12.1 Å². The summed E-state index contributed by atoms with van der Waals surface area (Å²) in [5.41, 5.74) is -1.45. The Kier molecular flexibility index (Phi) is 3.86. The molecule has 0 aliphatic carbocycles. The fourth-order valence-electron chi connectivity index (χ4n) is 1.13. The van der Waals surface area contributed by atoms with Crippen LogP contribution in [0.15, 0.2) is 24.3 Å². The Balaban J connectivity index is 2.79.